The van der Waals surface area contributed by atoms with Gasteiger partial charge in [0.2, 0.25) is 10.0 Å². The summed E-state index contributed by atoms with van der Waals surface area (Å²) in [5.41, 5.74) is 0.609. The first kappa shape index (κ1) is 16.0. The SMILES string of the molecule is C=CCCOCCNc1ccccc1S(=O)(=O)NC1CC1. The van der Waals surface area contributed by atoms with Crippen molar-refractivity contribution in [2.45, 2.75) is 30.2 Å². The van der Waals surface area contributed by atoms with Gasteiger partial charge >= 0.3 is 0 Å². The highest BCUT2D eigenvalue weighted by Crippen LogP contribution is 2.25. The van der Waals surface area contributed by atoms with Gasteiger partial charge in [-0.05, 0) is 31.4 Å². The fourth-order valence-corrected chi connectivity index (χ4v) is 3.35. The molecule has 1 aliphatic rings. The highest BCUT2D eigenvalue weighted by atomic mass is 32.2. The lowest BCUT2D eigenvalue weighted by Gasteiger charge is -2.13. The standard InChI is InChI=1S/C15H22N2O3S/c1-2-3-11-20-12-10-16-14-6-4-5-7-15(14)21(18,19)17-13-8-9-13/h2,4-7,13,16-17H,1,3,8-12H2. The molecule has 5 nitrogen and oxygen atoms in total. The average molecular weight is 310 g/mol. The normalized spacial score (nSPS) is 14.9. The number of benzene rings is 1. The number of nitrogens with one attached hydrogen (secondary N) is 2. The van der Waals surface area contributed by atoms with Crippen LogP contribution in [0, 0.1) is 0 Å². The van der Waals surface area contributed by atoms with Crippen molar-refractivity contribution in [1.29, 1.82) is 0 Å². The van der Waals surface area contributed by atoms with Gasteiger partial charge in [-0.1, -0.05) is 18.2 Å². The fraction of sp³-hybridized carbons (Fsp3) is 0.467. The third-order valence-electron chi connectivity index (χ3n) is 3.10. The summed E-state index contributed by atoms with van der Waals surface area (Å²) in [5, 5.41) is 3.12. The van der Waals surface area contributed by atoms with Crippen molar-refractivity contribution < 1.29 is 13.2 Å². The van der Waals surface area contributed by atoms with Gasteiger partial charge < -0.3 is 10.1 Å². The van der Waals surface area contributed by atoms with Crippen LogP contribution in [0.15, 0.2) is 41.8 Å². The highest BCUT2D eigenvalue weighted by molar-refractivity contribution is 7.89. The lowest BCUT2D eigenvalue weighted by atomic mass is 10.3. The van der Waals surface area contributed by atoms with Crippen molar-refractivity contribution >= 4 is 15.7 Å². The minimum atomic E-state index is -3.45. The minimum absolute atomic E-state index is 0.102. The van der Waals surface area contributed by atoms with Gasteiger partial charge in [0.05, 0.1) is 18.9 Å². The molecule has 0 radical (unpaired) electrons. The van der Waals surface area contributed by atoms with Gasteiger partial charge in [0.25, 0.3) is 0 Å². The van der Waals surface area contributed by atoms with E-state index in [1.807, 2.05) is 6.07 Å². The molecule has 2 rings (SSSR count). The van der Waals surface area contributed by atoms with Crippen LogP contribution in [-0.4, -0.2) is 34.2 Å². The van der Waals surface area contributed by atoms with E-state index in [2.05, 4.69) is 16.6 Å². The van der Waals surface area contributed by atoms with Crippen LogP contribution in [0.5, 0.6) is 0 Å². The van der Waals surface area contributed by atoms with Crippen molar-refractivity contribution in [3.8, 4) is 0 Å². The Bertz CT molecular complexity index is 568. The fourth-order valence-electron chi connectivity index (χ4n) is 1.86. The molecule has 0 aromatic heterocycles. The van der Waals surface area contributed by atoms with Crippen LogP contribution in [0.4, 0.5) is 5.69 Å². The summed E-state index contributed by atoms with van der Waals surface area (Å²) in [6.07, 6.45) is 4.47. The lowest BCUT2D eigenvalue weighted by Crippen LogP contribution is -2.26. The predicted octanol–water partition coefficient (Wildman–Crippen LogP) is 2.13. The molecule has 0 saturated heterocycles. The topological polar surface area (TPSA) is 67.4 Å². The largest absolute Gasteiger partial charge is 0.382 e. The zero-order chi connectivity index (χ0) is 15.1. The van der Waals surface area contributed by atoms with E-state index in [4.69, 9.17) is 4.74 Å². The maximum atomic E-state index is 12.3. The molecule has 0 atom stereocenters. The Morgan fingerprint density at radius 2 is 2.05 bits per heavy atom. The van der Waals surface area contributed by atoms with Crippen LogP contribution in [0.1, 0.15) is 19.3 Å². The number of rotatable bonds is 10. The average Bonchev–Trinajstić information content (AvgIpc) is 3.26. The number of para-hydroxylation sites is 1. The van der Waals surface area contributed by atoms with Gasteiger partial charge in [0, 0.05) is 12.6 Å². The molecule has 1 aromatic rings. The molecule has 2 N–H and O–H groups in total. The van der Waals surface area contributed by atoms with E-state index in [-0.39, 0.29) is 6.04 Å². The molecule has 0 bridgehead atoms. The van der Waals surface area contributed by atoms with E-state index in [1.165, 1.54) is 0 Å². The molecule has 1 aliphatic carbocycles. The summed E-state index contributed by atoms with van der Waals surface area (Å²) in [6, 6.07) is 7.03. The number of hydrogen-bond donors (Lipinski definition) is 2. The Hall–Kier alpha value is -1.37. The lowest BCUT2D eigenvalue weighted by molar-refractivity contribution is 0.149. The first-order valence-electron chi connectivity index (χ1n) is 7.17. The van der Waals surface area contributed by atoms with Gasteiger partial charge in [0.1, 0.15) is 4.90 Å². The maximum absolute atomic E-state index is 12.3. The van der Waals surface area contributed by atoms with Crippen LogP contribution in [0.3, 0.4) is 0 Å². The molecule has 0 heterocycles. The van der Waals surface area contributed by atoms with Crippen LogP contribution >= 0.6 is 0 Å². The summed E-state index contributed by atoms with van der Waals surface area (Å²) in [4.78, 5) is 0.294. The molecule has 1 aromatic carbocycles. The number of hydrogen-bond acceptors (Lipinski definition) is 4. The molecular weight excluding hydrogens is 288 g/mol. The zero-order valence-electron chi connectivity index (χ0n) is 12.0. The Morgan fingerprint density at radius 3 is 2.76 bits per heavy atom. The third kappa shape index (κ3) is 5.15. The molecule has 0 unspecified atom stereocenters. The van der Waals surface area contributed by atoms with E-state index < -0.39 is 10.0 Å². The van der Waals surface area contributed by atoms with Crippen LogP contribution in [0.2, 0.25) is 0 Å². The van der Waals surface area contributed by atoms with Crippen molar-refractivity contribution in [2.24, 2.45) is 0 Å². The molecular formula is C15H22N2O3S. The zero-order valence-corrected chi connectivity index (χ0v) is 12.9. The first-order chi connectivity index (χ1) is 10.1. The Balaban J connectivity index is 1.91. The van der Waals surface area contributed by atoms with Crippen molar-refractivity contribution in [3.05, 3.63) is 36.9 Å². The quantitative estimate of drug-likeness (QED) is 0.513. The molecule has 0 aliphatic heterocycles. The molecule has 0 amide bonds. The molecule has 21 heavy (non-hydrogen) atoms. The Kier molecular flexibility index (Phi) is 5.78. The molecule has 0 spiro atoms. The van der Waals surface area contributed by atoms with Crippen molar-refractivity contribution in [2.75, 3.05) is 25.1 Å². The third-order valence-corrected chi connectivity index (χ3v) is 4.68. The number of ether oxygens (including phenoxy) is 1. The van der Waals surface area contributed by atoms with Gasteiger partial charge in [-0.25, -0.2) is 13.1 Å². The summed E-state index contributed by atoms with van der Waals surface area (Å²) < 4.78 is 32.7. The van der Waals surface area contributed by atoms with E-state index in [0.717, 1.165) is 19.3 Å². The van der Waals surface area contributed by atoms with E-state index >= 15 is 0 Å². The van der Waals surface area contributed by atoms with E-state index in [9.17, 15) is 8.42 Å². The smallest absolute Gasteiger partial charge is 0.242 e. The van der Waals surface area contributed by atoms with Gasteiger partial charge in [-0.3, -0.25) is 0 Å². The summed E-state index contributed by atoms with van der Waals surface area (Å²) in [7, 11) is -3.45. The first-order valence-corrected chi connectivity index (χ1v) is 8.65. The second-order valence-electron chi connectivity index (χ2n) is 5.01. The Morgan fingerprint density at radius 1 is 1.29 bits per heavy atom. The molecule has 1 fully saturated rings. The predicted molar refractivity (Wildman–Crippen MR) is 83.9 cm³/mol. The Labute approximate surface area is 126 Å². The summed E-state index contributed by atoms with van der Waals surface area (Å²) in [5.74, 6) is 0. The number of anilines is 1. The second-order valence-corrected chi connectivity index (χ2v) is 6.69. The monoisotopic (exact) mass is 310 g/mol. The second kappa shape index (κ2) is 7.59. The van der Waals surface area contributed by atoms with Crippen molar-refractivity contribution in [3.63, 3.8) is 0 Å². The summed E-state index contributed by atoms with van der Waals surface area (Å²) >= 11 is 0. The highest BCUT2D eigenvalue weighted by Gasteiger charge is 2.29. The number of sulfonamides is 1. The summed E-state index contributed by atoms with van der Waals surface area (Å²) in [6.45, 7) is 5.35. The molecule has 1 saturated carbocycles. The minimum Gasteiger partial charge on any atom is -0.382 e. The van der Waals surface area contributed by atoms with Crippen molar-refractivity contribution in [1.82, 2.24) is 4.72 Å². The van der Waals surface area contributed by atoms with Crippen LogP contribution in [-0.2, 0) is 14.8 Å². The van der Waals surface area contributed by atoms with Gasteiger partial charge in [0.15, 0.2) is 0 Å². The van der Waals surface area contributed by atoms with Crippen LogP contribution in [0.25, 0.3) is 0 Å². The maximum Gasteiger partial charge on any atom is 0.242 e. The van der Waals surface area contributed by atoms with Gasteiger partial charge in [-0.2, -0.15) is 0 Å². The molecule has 6 heteroatoms. The van der Waals surface area contributed by atoms with E-state index in [0.29, 0.717) is 30.3 Å². The van der Waals surface area contributed by atoms with Gasteiger partial charge in [-0.15, -0.1) is 6.58 Å². The van der Waals surface area contributed by atoms with Crippen LogP contribution < -0.4 is 10.0 Å². The molecule has 116 valence electrons. The van der Waals surface area contributed by atoms with E-state index in [1.54, 1.807) is 24.3 Å².